The maximum absolute atomic E-state index is 13.1. The number of amides is 1. The molecule has 1 aliphatic rings. The van der Waals surface area contributed by atoms with E-state index in [9.17, 15) is 22.4 Å². The van der Waals surface area contributed by atoms with Crippen LogP contribution >= 0.6 is 0 Å². The summed E-state index contributed by atoms with van der Waals surface area (Å²) in [4.78, 5) is 12.1. The summed E-state index contributed by atoms with van der Waals surface area (Å²) in [5.41, 5.74) is -1.31. The topological polar surface area (TPSA) is 71.8 Å². The number of hydrogen-bond donors (Lipinski definition) is 2. The highest BCUT2D eigenvalue weighted by atomic mass is 19.4. The molecule has 0 spiro atoms. The maximum Gasteiger partial charge on any atom is 0.416 e. The van der Waals surface area contributed by atoms with Gasteiger partial charge in [0, 0.05) is 6.54 Å². The number of benzene rings is 1. The molecule has 2 N–H and O–H groups in total. The lowest BCUT2D eigenvalue weighted by molar-refractivity contribution is -0.138. The zero-order valence-electron chi connectivity index (χ0n) is 13.7. The third-order valence-electron chi connectivity index (χ3n) is 4.24. The SMILES string of the molecule is O=C(NCc1ccc(F)cc1C(F)(F)F)c1cn(C2CCNCC2)nn1. The number of nitrogens with one attached hydrogen (secondary N) is 2. The van der Waals surface area contributed by atoms with E-state index in [1.54, 1.807) is 4.68 Å². The van der Waals surface area contributed by atoms with Crippen molar-refractivity contribution in [2.45, 2.75) is 31.6 Å². The van der Waals surface area contributed by atoms with Gasteiger partial charge in [-0.05, 0) is 43.6 Å². The number of piperidine rings is 1. The Labute approximate surface area is 146 Å². The van der Waals surface area contributed by atoms with Gasteiger partial charge in [0.05, 0.1) is 17.8 Å². The van der Waals surface area contributed by atoms with Gasteiger partial charge in [-0.25, -0.2) is 9.07 Å². The van der Waals surface area contributed by atoms with Gasteiger partial charge in [-0.3, -0.25) is 4.79 Å². The Morgan fingerprint density at radius 3 is 2.73 bits per heavy atom. The number of alkyl halides is 3. The van der Waals surface area contributed by atoms with E-state index >= 15 is 0 Å². The molecule has 140 valence electrons. The monoisotopic (exact) mass is 371 g/mol. The van der Waals surface area contributed by atoms with E-state index in [1.165, 1.54) is 6.20 Å². The molecule has 6 nitrogen and oxygen atoms in total. The van der Waals surface area contributed by atoms with Crippen molar-refractivity contribution < 1.29 is 22.4 Å². The summed E-state index contributed by atoms with van der Waals surface area (Å²) in [6.45, 7) is 1.29. The predicted octanol–water partition coefficient (Wildman–Crippen LogP) is 2.29. The fourth-order valence-electron chi connectivity index (χ4n) is 2.86. The van der Waals surface area contributed by atoms with E-state index in [2.05, 4.69) is 20.9 Å². The minimum Gasteiger partial charge on any atom is -0.346 e. The summed E-state index contributed by atoms with van der Waals surface area (Å²) in [5, 5.41) is 13.3. The van der Waals surface area contributed by atoms with Gasteiger partial charge in [-0.1, -0.05) is 11.3 Å². The summed E-state index contributed by atoms with van der Waals surface area (Å²) < 4.78 is 53.6. The number of rotatable bonds is 4. The zero-order chi connectivity index (χ0) is 18.7. The van der Waals surface area contributed by atoms with Gasteiger partial charge in [0.2, 0.25) is 0 Å². The van der Waals surface area contributed by atoms with E-state index in [0.29, 0.717) is 6.07 Å². The lowest BCUT2D eigenvalue weighted by Gasteiger charge is -2.22. The highest BCUT2D eigenvalue weighted by molar-refractivity contribution is 5.91. The molecule has 26 heavy (non-hydrogen) atoms. The van der Waals surface area contributed by atoms with Crippen LogP contribution in [0.4, 0.5) is 17.6 Å². The summed E-state index contributed by atoms with van der Waals surface area (Å²) in [6.07, 6.45) is -1.51. The van der Waals surface area contributed by atoms with Crippen LogP contribution in [0.25, 0.3) is 0 Å². The lowest BCUT2D eigenvalue weighted by Crippen LogP contribution is -2.29. The Kier molecular flexibility index (Phi) is 5.21. The van der Waals surface area contributed by atoms with Crippen molar-refractivity contribution in [1.29, 1.82) is 0 Å². The summed E-state index contributed by atoms with van der Waals surface area (Å²) in [7, 11) is 0. The molecule has 1 amide bonds. The van der Waals surface area contributed by atoms with Crippen molar-refractivity contribution in [3.63, 3.8) is 0 Å². The Bertz CT molecular complexity index is 783. The van der Waals surface area contributed by atoms with Crippen molar-refractivity contribution in [1.82, 2.24) is 25.6 Å². The van der Waals surface area contributed by atoms with Crippen molar-refractivity contribution in [2.24, 2.45) is 0 Å². The van der Waals surface area contributed by atoms with Gasteiger partial charge in [0.25, 0.3) is 5.91 Å². The predicted molar refractivity (Wildman–Crippen MR) is 83.7 cm³/mol. The van der Waals surface area contributed by atoms with Crippen LogP contribution in [0.2, 0.25) is 0 Å². The molecule has 0 bridgehead atoms. The third kappa shape index (κ3) is 4.18. The molecule has 2 aromatic rings. The van der Waals surface area contributed by atoms with Gasteiger partial charge in [-0.15, -0.1) is 5.10 Å². The molecule has 0 radical (unpaired) electrons. The number of aromatic nitrogens is 3. The fourth-order valence-corrected chi connectivity index (χ4v) is 2.86. The Hall–Kier alpha value is -2.49. The van der Waals surface area contributed by atoms with Crippen LogP contribution in [-0.2, 0) is 12.7 Å². The first-order chi connectivity index (χ1) is 12.3. The van der Waals surface area contributed by atoms with E-state index in [0.717, 1.165) is 38.1 Å². The molecule has 0 atom stereocenters. The molecule has 1 aromatic carbocycles. The minimum absolute atomic E-state index is 0.0270. The first-order valence-corrected chi connectivity index (χ1v) is 8.11. The van der Waals surface area contributed by atoms with E-state index < -0.39 is 30.0 Å². The maximum atomic E-state index is 13.1. The largest absolute Gasteiger partial charge is 0.416 e. The molecule has 0 saturated carbocycles. The highest BCUT2D eigenvalue weighted by Crippen LogP contribution is 2.32. The second kappa shape index (κ2) is 7.40. The molecule has 0 aliphatic carbocycles. The second-order valence-electron chi connectivity index (χ2n) is 6.05. The second-order valence-corrected chi connectivity index (χ2v) is 6.05. The average molecular weight is 371 g/mol. The molecule has 1 fully saturated rings. The number of carbonyl (C=O) groups is 1. The van der Waals surface area contributed by atoms with Crippen molar-refractivity contribution >= 4 is 5.91 Å². The van der Waals surface area contributed by atoms with Crippen LogP contribution in [0.3, 0.4) is 0 Å². The average Bonchev–Trinajstić information content (AvgIpc) is 3.10. The molecule has 2 heterocycles. The van der Waals surface area contributed by atoms with Crippen LogP contribution in [0.1, 0.15) is 40.5 Å². The molecule has 3 rings (SSSR count). The van der Waals surface area contributed by atoms with E-state index in [1.807, 2.05) is 0 Å². The van der Waals surface area contributed by atoms with Crippen LogP contribution in [0.5, 0.6) is 0 Å². The Morgan fingerprint density at radius 1 is 1.31 bits per heavy atom. The van der Waals surface area contributed by atoms with Crippen LogP contribution in [-0.4, -0.2) is 34.0 Å². The van der Waals surface area contributed by atoms with Gasteiger partial charge >= 0.3 is 6.18 Å². The number of hydrogen-bond acceptors (Lipinski definition) is 4. The lowest BCUT2D eigenvalue weighted by atomic mass is 10.1. The smallest absolute Gasteiger partial charge is 0.346 e. The normalized spacial score (nSPS) is 15.8. The summed E-state index contributed by atoms with van der Waals surface area (Å²) >= 11 is 0. The molecule has 10 heteroatoms. The molecule has 0 unspecified atom stereocenters. The van der Waals surface area contributed by atoms with Gasteiger partial charge in [0.1, 0.15) is 5.82 Å². The summed E-state index contributed by atoms with van der Waals surface area (Å²) in [5.74, 6) is -1.63. The molecule has 1 aromatic heterocycles. The van der Waals surface area contributed by atoms with Crippen LogP contribution in [0, 0.1) is 5.82 Å². The zero-order valence-corrected chi connectivity index (χ0v) is 13.7. The van der Waals surface area contributed by atoms with E-state index in [4.69, 9.17) is 0 Å². The van der Waals surface area contributed by atoms with E-state index in [-0.39, 0.29) is 17.3 Å². The first kappa shape index (κ1) is 18.3. The van der Waals surface area contributed by atoms with Crippen molar-refractivity contribution in [3.05, 3.63) is 47.0 Å². The Balaban J connectivity index is 1.67. The molecular weight excluding hydrogens is 354 g/mol. The number of carbonyl (C=O) groups excluding carboxylic acids is 1. The van der Waals surface area contributed by atoms with Gasteiger partial charge < -0.3 is 10.6 Å². The standard InChI is InChI=1S/C16H17F4N5O/c17-11-2-1-10(13(7-11)16(18,19)20)8-22-15(26)14-9-25(24-23-14)12-3-5-21-6-4-12/h1-2,7,9,12,21H,3-6,8H2,(H,22,26). The molecule has 1 aliphatic heterocycles. The highest BCUT2D eigenvalue weighted by Gasteiger charge is 2.33. The minimum atomic E-state index is -4.71. The molecular formula is C16H17F4N5O. The summed E-state index contributed by atoms with van der Waals surface area (Å²) in [6, 6.07) is 2.47. The molecule has 1 saturated heterocycles. The first-order valence-electron chi connectivity index (χ1n) is 8.11. The third-order valence-corrected chi connectivity index (χ3v) is 4.24. The van der Waals surface area contributed by atoms with Gasteiger partial charge in [-0.2, -0.15) is 13.2 Å². The quantitative estimate of drug-likeness (QED) is 0.809. The Morgan fingerprint density at radius 2 is 2.04 bits per heavy atom. The van der Waals surface area contributed by atoms with Crippen molar-refractivity contribution in [3.8, 4) is 0 Å². The van der Waals surface area contributed by atoms with Gasteiger partial charge in [0.15, 0.2) is 5.69 Å². The van der Waals surface area contributed by atoms with Crippen LogP contribution in [0.15, 0.2) is 24.4 Å². The van der Waals surface area contributed by atoms with Crippen LogP contribution < -0.4 is 10.6 Å². The number of halogens is 4. The van der Waals surface area contributed by atoms with Crippen molar-refractivity contribution in [2.75, 3.05) is 13.1 Å². The number of nitrogens with zero attached hydrogens (tertiary/aromatic N) is 3. The fraction of sp³-hybridized carbons (Fsp3) is 0.438.